The first-order chi connectivity index (χ1) is 9.57. The zero-order valence-electron chi connectivity index (χ0n) is 12.3. The van der Waals surface area contributed by atoms with Gasteiger partial charge in [0.05, 0.1) is 5.41 Å². The van der Waals surface area contributed by atoms with Crippen molar-refractivity contribution in [2.75, 3.05) is 24.6 Å². The largest absolute Gasteiger partial charge is 0.481 e. The molecule has 1 N–H and O–H groups in total. The van der Waals surface area contributed by atoms with Crippen LogP contribution >= 0.6 is 11.8 Å². The summed E-state index contributed by atoms with van der Waals surface area (Å²) >= 11 is 1.98. The Hall–Kier alpha value is -0.710. The summed E-state index contributed by atoms with van der Waals surface area (Å²) in [6.45, 7) is 3.16. The van der Waals surface area contributed by atoms with E-state index in [1.54, 1.807) is 0 Å². The highest BCUT2D eigenvalue weighted by Crippen LogP contribution is 2.35. The van der Waals surface area contributed by atoms with Crippen LogP contribution in [0.1, 0.15) is 45.4 Å². The van der Waals surface area contributed by atoms with Crippen molar-refractivity contribution in [1.29, 1.82) is 0 Å². The van der Waals surface area contributed by atoms with E-state index in [9.17, 15) is 14.7 Å². The smallest absolute Gasteiger partial charge is 0.309 e. The molecular weight excluding hydrogens is 274 g/mol. The third-order valence-electron chi connectivity index (χ3n) is 5.01. The van der Waals surface area contributed by atoms with Crippen LogP contribution in [0.5, 0.6) is 0 Å². The molecule has 0 radical (unpaired) electrons. The summed E-state index contributed by atoms with van der Waals surface area (Å²) in [5.41, 5.74) is -0.599. The number of rotatable bonds is 4. The number of carbonyl (C=O) groups is 2. The summed E-state index contributed by atoms with van der Waals surface area (Å²) in [5.74, 6) is 2.43. The van der Waals surface area contributed by atoms with Crippen LogP contribution in [0.25, 0.3) is 0 Å². The van der Waals surface area contributed by atoms with Crippen LogP contribution in [-0.4, -0.2) is 46.5 Å². The number of amides is 1. The molecule has 0 saturated carbocycles. The maximum atomic E-state index is 12.3. The van der Waals surface area contributed by atoms with Crippen molar-refractivity contribution in [3.05, 3.63) is 0 Å². The fourth-order valence-corrected chi connectivity index (χ4v) is 4.43. The minimum Gasteiger partial charge on any atom is -0.481 e. The number of likely N-dealkylation sites (tertiary alicyclic amines) is 1. The van der Waals surface area contributed by atoms with Crippen LogP contribution in [0.4, 0.5) is 0 Å². The van der Waals surface area contributed by atoms with Gasteiger partial charge in [-0.25, -0.2) is 0 Å². The zero-order valence-corrected chi connectivity index (χ0v) is 13.1. The third-order valence-corrected chi connectivity index (χ3v) is 6.06. The van der Waals surface area contributed by atoms with Crippen molar-refractivity contribution < 1.29 is 14.7 Å². The molecule has 2 heterocycles. The lowest BCUT2D eigenvalue weighted by molar-refractivity contribution is -0.154. The van der Waals surface area contributed by atoms with Crippen molar-refractivity contribution in [1.82, 2.24) is 4.90 Å². The number of aliphatic carboxylic acids is 1. The van der Waals surface area contributed by atoms with Gasteiger partial charge in [0.2, 0.25) is 5.91 Å². The summed E-state index contributed by atoms with van der Waals surface area (Å²) in [6, 6.07) is 0. The van der Waals surface area contributed by atoms with E-state index in [4.69, 9.17) is 0 Å². The zero-order chi connectivity index (χ0) is 14.6. The van der Waals surface area contributed by atoms with Gasteiger partial charge in [-0.1, -0.05) is 6.92 Å². The molecule has 0 atom stereocenters. The predicted octanol–water partition coefficient (Wildman–Crippen LogP) is 2.62. The second kappa shape index (κ2) is 6.83. The van der Waals surface area contributed by atoms with Gasteiger partial charge in [-0.05, 0) is 49.5 Å². The minimum absolute atomic E-state index is 0.233. The Bertz CT molecular complexity index is 358. The molecule has 0 unspecified atom stereocenters. The van der Waals surface area contributed by atoms with Gasteiger partial charge in [-0.3, -0.25) is 9.59 Å². The van der Waals surface area contributed by atoms with E-state index in [2.05, 4.69) is 0 Å². The Kier molecular flexibility index (Phi) is 5.35. The standard InChI is InChI=1S/C15H25NO3S/c1-2-15(14(18)19)5-7-16(8-6-15)13(17)11-12-3-9-20-10-4-12/h12H,2-11H2,1H3,(H,18,19). The lowest BCUT2D eigenvalue weighted by Gasteiger charge is -2.39. The molecule has 0 aromatic heterocycles. The number of hydrogen-bond donors (Lipinski definition) is 1. The highest BCUT2D eigenvalue weighted by atomic mass is 32.2. The summed E-state index contributed by atoms with van der Waals surface area (Å²) in [7, 11) is 0. The monoisotopic (exact) mass is 299 g/mol. The first-order valence-corrected chi connectivity index (χ1v) is 8.82. The average molecular weight is 299 g/mol. The maximum Gasteiger partial charge on any atom is 0.309 e. The minimum atomic E-state index is -0.698. The SMILES string of the molecule is CCC1(C(=O)O)CCN(C(=O)CC2CCSCC2)CC1. The fourth-order valence-electron chi connectivity index (χ4n) is 3.23. The van der Waals surface area contributed by atoms with Gasteiger partial charge < -0.3 is 10.0 Å². The molecule has 2 aliphatic heterocycles. The van der Waals surface area contributed by atoms with Gasteiger partial charge in [-0.15, -0.1) is 0 Å². The van der Waals surface area contributed by atoms with Gasteiger partial charge in [0.1, 0.15) is 0 Å². The Morgan fingerprint density at radius 3 is 2.35 bits per heavy atom. The van der Waals surface area contributed by atoms with Crippen molar-refractivity contribution in [3.63, 3.8) is 0 Å². The second-order valence-corrected chi connectivity index (χ2v) is 7.30. The highest BCUT2D eigenvalue weighted by molar-refractivity contribution is 7.99. The summed E-state index contributed by atoms with van der Waals surface area (Å²) in [6.07, 6.45) is 4.82. The Morgan fingerprint density at radius 1 is 1.25 bits per heavy atom. The molecule has 0 spiro atoms. The van der Waals surface area contributed by atoms with E-state index in [0.717, 1.165) is 12.8 Å². The van der Waals surface area contributed by atoms with Gasteiger partial charge in [0, 0.05) is 19.5 Å². The van der Waals surface area contributed by atoms with E-state index in [-0.39, 0.29) is 5.91 Å². The summed E-state index contributed by atoms with van der Waals surface area (Å²) in [4.78, 5) is 25.6. The predicted molar refractivity (Wildman–Crippen MR) is 80.8 cm³/mol. The average Bonchev–Trinajstić information content (AvgIpc) is 2.48. The molecular formula is C15H25NO3S. The third kappa shape index (κ3) is 3.48. The van der Waals surface area contributed by atoms with Gasteiger partial charge in [0.25, 0.3) is 0 Å². The lowest BCUT2D eigenvalue weighted by atomic mass is 9.76. The molecule has 20 heavy (non-hydrogen) atoms. The number of carbonyl (C=O) groups excluding carboxylic acids is 1. The molecule has 0 aromatic carbocycles. The number of hydrogen-bond acceptors (Lipinski definition) is 3. The molecule has 2 fully saturated rings. The molecule has 4 nitrogen and oxygen atoms in total. The fraction of sp³-hybridized carbons (Fsp3) is 0.867. The van der Waals surface area contributed by atoms with Crippen LogP contribution in [0.15, 0.2) is 0 Å². The van der Waals surface area contributed by atoms with Gasteiger partial charge >= 0.3 is 5.97 Å². The lowest BCUT2D eigenvalue weighted by Crippen LogP contribution is -2.46. The van der Waals surface area contributed by atoms with Crippen LogP contribution in [0.3, 0.4) is 0 Å². The molecule has 0 aromatic rings. The summed E-state index contributed by atoms with van der Waals surface area (Å²) in [5, 5.41) is 9.37. The van der Waals surface area contributed by atoms with Crippen LogP contribution in [0, 0.1) is 11.3 Å². The molecule has 0 bridgehead atoms. The molecule has 5 heteroatoms. The van der Waals surface area contributed by atoms with E-state index in [1.165, 1.54) is 11.5 Å². The second-order valence-electron chi connectivity index (χ2n) is 6.08. The van der Waals surface area contributed by atoms with Crippen molar-refractivity contribution >= 4 is 23.6 Å². The number of carboxylic acid groups (broad SMARTS) is 1. The maximum absolute atomic E-state index is 12.3. The number of thioether (sulfide) groups is 1. The van der Waals surface area contributed by atoms with Crippen LogP contribution in [-0.2, 0) is 9.59 Å². The van der Waals surface area contributed by atoms with Crippen LogP contribution in [0.2, 0.25) is 0 Å². The first-order valence-electron chi connectivity index (χ1n) is 7.66. The Morgan fingerprint density at radius 2 is 1.85 bits per heavy atom. The van der Waals surface area contributed by atoms with E-state index < -0.39 is 11.4 Å². The summed E-state index contributed by atoms with van der Waals surface area (Å²) < 4.78 is 0. The number of carboxylic acids is 1. The topological polar surface area (TPSA) is 57.6 Å². The normalized spacial score (nSPS) is 23.6. The molecule has 2 rings (SSSR count). The quantitative estimate of drug-likeness (QED) is 0.867. The van der Waals surface area contributed by atoms with Gasteiger partial charge in [0.15, 0.2) is 0 Å². The molecule has 2 saturated heterocycles. The van der Waals surface area contributed by atoms with E-state index >= 15 is 0 Å². The Labute approximate surface area is 125 Å². The van der Waals surface area contributed by atoms with Gasteiger partial charge in [-0.2, -0.15) is 11.8 Å². The van der Waals surface area contributed by atoms with E-state index in [1.807, 2.05) is 23.6 Å². The van der Waals surface area contributed by atoms with Crippen molar-refractivity contribution in [3.8, 4) is 0 Å². The molecule has 2 aliphatic rings. The number of nitrogens with zero attached hydrogens (tertiary/aromatic N) is 1. The Balaban J connectivity index is 1.83. The van der Waals surface area contributed by atoms with Crippen LogP contribution < -0.4 is 0 Å². The van der Waals surface area contributed by atoms with Crippen molar-refractivity contribution in [2.24, 2.45) is 11.3 Å². The molecule has 1 amide bonds. The van der Waals surface area contributed by atoms with E-state index in [0.29, 0.717) is 44.7 Å². The first kappa shape index (κ1) is 15.7. The highest BCUT2D eigenvalue weighted by Gasteiger charge is 2.40. The van der Waals surface area contributed by atoms with Crippen molar-refractivity contribution in [2.45, 2.75) is 45.4 Å². The molecule has 114 valence electrons. The number of piperidine rings is 1. The molecule has 0 aliphatic carbocycles.